The number of hydrogen-bond acceptors (Lipinski definition) is 4. The van der Waals surface area contributed by atoms with Gasteiger partial charge < -0.3 is 19.7 Å². The number of rotatable bonds is 1. The first-order valence-corrected chi connectivity index (χ1v) is 2.83. The molecule has 1 rings (SSSR count). The Morgan fingerprint density at radius 2 is 2.33 bits per heavy atom. The molecule has 4 nitrogen and oxygen atoms in total. The molecular weight excluding hydrogens is 124 g/mol. The van der Waals surface area contributed by atoms with Gasteiger partial charge in [0.1, 0.15) is 19.0 Å². The van der Waals surface area contributed by atoms with Crippen LogP contribution in [0.4, 0.5) is 0 Å². The van der Waals surface area contributed by atoms with E-state index >= 15 is 0 Å². The minimum Gasteiger partial charge on any atom is -0.394 e. The van der Waals surface area contributed by atoms with E-state index in [4.69, 9.17) is 19.7 Å². The molecule has 0 aromatic rings. The van der Waals surface area contributed by atoms with E-state index in [2.05, 4.69) is 0 Å². The second-order valence-electron chi connectivity index (χ2n) is 1.94. The normalized spacial score (nSPS) is 36.7. The summed E-state index contributed by atoms with van der Waals surface area (Å²) in [7, 11) is 0. The largest absolute Gasteiger partial charge is 0.394 e. The maximum atomic E-state index is 8.96. The average molecular weight is 134 g/mol. The van der Waals surface area contributed by atoms with Gasteiger partial charge in [0.15, 0.2) is 0 Å². The molecule has 0 aromatic carbocycles. The van der Waals surface area contributed by atoms with Crippen molar-refractivity contribution in [1.29, 1.82) is 0 Å². The van der Waals surface area contributed by atoms with Crippen LogP contribution >= 0.6 is 0 Å². The van der Waals surface area contributed by atoms with Crippen molar-refractivity contribution in [2.45, 2.75) is 12.2 Å². The Labute approximate surface area is 53.0 Å². The first kappa shape index (κ1) is 6.95. The Morgan fingerprint density at radius 3 is 2.78 bits per heavy atom. The van der Waals surface area contributed by atoms with E-state index < -0.39 is 12.2 Å². The Morgan fingerprint density at radius 1 is 1.56 bits per heavy atom. The highest BCUT2D eigenvalue weighted by atomic mass is 16.7. The highest BCUT2D eigenvalue weighted by Crippen LogP contribution is 2.05. The third kappa shape index (κ3) is 1.62. The van der Waals surface area contributed by atoms with Crippen LogP contribution in [0, 0.1) is 0 Å². The third-order valence-corrected chi connectivity index (χ3v) is 1.26. The van der Waals surface area contributed by atoms with E-state index in [-0.39, 0.29) is 20.0 Å². The lowest BCUT2D eigenvalue weighted by atomic mass is 10.2. The first-order chi connectivity index (χ1) is 4.34. The van der Waals surface area contributed by atoms with Crippen LogP contribution in [0.1, 0.15) is 0 Å². The maximum absolute atomic E-state index is 8.96. The highest BCUT2D eigenvalue weighted by Gasteiger charge is 2.22. The van der Waals surface area contributed by atoms with E-state index in [0.717, 1.165) is 0 Å². The summed E-state index contributed by atoms with van der Waals surface area (Å²) in [6.07, 6.45) is -1.14. The second kappa shape index (κ2) is 3.12. The Balaban J connectivity index is 2.30. The van der Waals surface area contributed by atoms with Crippen LogP contribution in [-0.2, 0) is 9.47 Å². The summed E-state index contributed by atoms with van der Waals surface area (Å²) in [6.45, 7) is 0.276. The van der Waals surface area contributed by atoms with Gasteiger partial charge in [0.25, 0.3) is 0 Å². The van der Waals surface area contributed by atoms with Gasteiger partial charge >= 0.3 is 0 Å². The Hall–Kier alpha value is -0.160. The molecule has 0 spiro atoms. The van der Waals surface area contributed by atoms with Crippen LogP contribution in [-0.4, -0.2) is 42.4 Å². The molecule has 0 bridgehead atoms. The van der Waals surface area contributed by atoms with Crippen LogP contribution in [0.5, 0.6) is 0 Å². The van der Waals surface area contributed by atoms with Crippen molar-refractivity contribution in [3.05, 3.63) is 0 Å². The molecule has 9 heavy (non-hydrogen) atoms. The van der Waals surface area contributed by atoms with Gasteiger partial charge in [0.2, 0.25) is 0 Å². The SMILES string of the molecule is OC[C@@H]1OCOC[C@@H]1O. The van der Waals surface area contributed by atoms with Gasteiger partial charge in [-0.05, 0) is 0 Å². The van der Waals surface area contributed by atoms with E-state index in [0.29, 0.717) is 0 Å². The van der Waals surface area contributed by atoms with Gasteiger partial charge in [0, 0.05) is 0 Å². The summed E-state index contributed by atoms with van der Waals surface area (Å²) in [5.41, 5.74) is 0. The van der Waals surface area contributed by atoms with Crippen LogP contribution in [0.15, 0.2) is 0 Å². The van der Waals surface area contributed by atoms with Crippen molar-refractivity contribution >= 4 is 0 Å². The maximum Gasteiger partial charge on any atom is 0.147 e. The van der Waals surface area contributed by atoms with E-state index in [1.807, 2.05) is 0 Å². The Kier molecular flexibility index (Phi) is 2.41. The summed E-state index contributed by atoms with van der Waals surface area (Å²) >= 11 is 0. The summed E-state index contributed by atoms with van der Waals surface area (Å²) < 4.78 is 9.55. The predicted octanol–water partition coefficient (Wildman–Crippen LogP) is -1.29. The van der Waals surface area contributed by atoms with Gasteiger partial charge in [-0.25, -0.2) is 0 Å². The van der Waals surface area contributed by atoms with E-state index in [9.17, 15) is 0 Å². The summed E-state index contributed by atoms with van der Waals surface area (Å²) in [4.78, 5) is 0. The zero-order chi connectivity index (χ0) is 6.69. The van der Waals surface area contributed by atoms with Crippen molar-refractivity contribution in [1.82, 2.24) is 0 Å². The monoisotopic (exact) mass is 134 g/mol. The van der Waals surface area contributed by atoms with Gasteiger partial charge in [-0.3, -0.25) is 0 Å². The van der Waals surface area contributed by atoms with Crippen molar-refractivity contribution < 1.29 is 19.7 Å². The first-order valence-electron chi connectivity index (χ1n) is 2.83. The van der Waals surface area contributed by atoms with Crippen molar-refractivity contribution in [2.75, 3.05) is 20.0 Å². The number of aliphatic hydroxyl groups is 2. The molecular formula is C5H10O4. The van der Waals surface area contributed by atoms with Crippen LogP contribution in [0.3, 0.4) is 0 Å². The molecule has 0 aromatic heterocycles. The zero-order valence-corrected chi connectivity index (χ0v) is 4.99. The fourth-order valence-electron chi connectivity index (χ4n) is 0.697. The van der Waals surface area contributed by atoms with Crippen molar-refractivity contribution in [2.24, 2.45) is 0 Å². The van der Waals surface area contributed by atoms with Crippen LogP contribution in [0.25, 0.3) is 0 Å². The topological polar surface area (TPSA) is 58.9 Å². The molecule has 0 aliphatic carbocycles. The molecule has 1 aliphatic heterocycles. The molecule has 1 fully saturated rings. The molecule has 4 heteroatoms. The molecule has 0 radical (unpaired) electrons. The second-order valence-corrected chi connectivity index (χ2v) is 1.94. The molecule has 0 unspecified atom stereocenters. The van der Waals surface area contributed by atoms with Gasteiger partial charge in [-0.2, -0.15) is 0 Å². The van der Waals surface area contributed by atoms with Crippen molar-refractivity contribution in [3.63, 3.8) is 0 Å². The quantitative estimate of drug-likeness (QED) is 0.468. The molecule has 2 atom stereocenters. The third-order valence-electron chi connectivity index (χ3n) is 1.26. The summed E-state index contributed by atoms with van der Waals surface area (Å²) in [5, 5.41) is 17.5. The molecule has 1 aliphatic rings. The summed E-state index contributed by atoms with van der Waals surface area (Å²) in [5.74, 6) is 0. The summed E-state index contributed by atoms with van der Waals surface area (Å²) in [6, 6.07) is 0. The lowest BCUT2D eigenvalue weighted by Crippen LogP contribution is -2.40. The van der Waals surface area contributed by atoms with Gasteiger partial charge in [-0.15, -0.1) is 0 Å². The molecule has 54 valence electrons. The van der Waals surface area contributed by atoms with E-state index in [1.54, 1.807) is 0 Å². The molecule has 1 heterocycles. The standard InChI is InChI=1S/C5H10O4/c6-1-5-4(7)2-8-3-9-5/h4-7H,1-3H2/t4-,5-/m0/s1. The van der Waals surface area contributed by atoms with E-state index in [1.165, 1.54) is 0 Å². The molecule has 1 saturated heterocycles. The van der Waals surface area contributed by atoms with Crippen molar-refractivity contribution in [3.8, 4) is 0 Å². The highest BCUT2D eigenvalue weighted by molar-refractivity contribution is 4.68. The fraction of sp³-hybridized carbons (Fsp3) is 1.00. The average Bonchev–Trinajstić information content (AvgIpc) is 1.89. The van der Waals surface area contributed by atoms with Crippen LogP contribution in [0.2, 0.25) is 0 Å². The van der Waals surface area contributed by atoms with Crippen LogP contribution < -0.4 is 0 Å². The number of ether oxygens (including phenoxy) is 2. The lowest BCUT2D eigenvalue weighted by molar-refractivity contribution is -0.202. The van der Waals surface area contributed by atoms with Gasteiger partial charge in [0.05, 0.1) is 13.2 Å². The number of hydrogen-bond donors (Lipinski definition) is 2. The molecule has 0 saturated carbocycles. The predicted molar refractivity (Wildman–Crippen MR) is 28.8 cm³/mol. The number of aliphatic hydroxyl groups excluding tert-OH is 2. The minimum absolute atomic E-state index is 0.148. The molecule has 2 N–H and O–H groups in total. The Bertz CT molecular complexity index is 85.0. The van der Waals surface area contributed by atoms with Gasteiger partial charge in [-0.1, -0.05) is 0 Å². The fourth-order valence-corrected chi connectivity index (χ4v) is 0.697. The lowest BCUT2D eigenvalue weighted by Gasteiger charge is -2.25. The molecule has 0 amide bonds. The minimum atomic E-state index is -0.677. The smallest absolute Gasteiger partial charge is 0.147 e. The zero-order valence-electron chi connectivity index (χ0n) is 4.99.